The predicted octanol–water partition coefficient (Wildman–Crippen LogP) is 4.04. The van der Waals surface area contributed by atoms with E-state index in [0.717, 1.165) is 30.1 Å². The van der Waals surface area contributed by atoms with Gasteiger partial charge in [-0.25, -0.2) is 0 Å². The topological polar surface area (TPSA) is 47.3 Å². The first kappa shape index (κ1) is 13.7. The highest BCUT2D eigenvalue weighted by molar-refractivity contribution is 7.08. The highest BCUT2D eigenvalue weighted by atomic mass is 32.1. The van der Waals surface area contributed by atoms with Crippen LogP contribution in [0.4, 0.5) is 11.4 Å². The van der Waals surface area contributed by atoms with Crippen molar-refractivity contribution in [1.29, 1.82) is 0 Å². The Kier molecular flexibility index (Phi) is 4.68. The fraction of sp³-hybridized carbons (Fsp3) is 0.333. The molecule has 0 aliphatic rings. The number of nitrogens with two attached hydrogens (primary N) is 1. The average molecular weight is 276 g/mol. The number of nitrogen functional groups attached to an aromatic ring is 1. The predicted molar refractivity (Wildman–Crippen MR) is 83.0 cm³/mol. The van der Waals surface area contributed by atoms with E-state index >= 15 is 0 Å². The van der Waals surface area contributed by atoms with E-state index in [-0.39, 0.29) is 0 Å². The second-order valence-electron chi connectivity index (χ2n) is 4.57. The van der Waals surface area contributed by atoms with Gasteiger partial charge in [0.25, 0.3) is 0 Å². The van der Waals surface area contributed by atoms with Crippen molar-refractivity contribution in [3.05, 3.63) is 40.1 Å². The molecule has 2 rings (SSSR count). The minimum absolute atomic E-state index is 0.715. The van der Waals surface area contributed by atoms with E-state index in [2.05, 4.69) is 29.9 Å². The SMILES string of the molecule is CCCOc1cc(N)cc(NCc2cscc2C)c1. The maximum Gasteiger partial charge on any atom is 0.123 e. The lowest BCUT2D eigenvalue weighted by Crippen LogP contribution is -2.02. The summed E-state index contributed by atoms with van der Waals surface area (Å²) in [5.41, 5.74) is 10.3. The van der Waals surface area contributed by atoms with Crippen LogP contribution in [-0.4, -0.2) is 6.61 Å². The van der Waals surface area contributed by atoms with Crippen LogP contribution in [0.2, 0.25) is 0 Å². The fourth-order valence-electron chi connectivity index (χ4n) is 1.79. The van der Waals surface area contributed by atoms with Crippen LogP contribution >= 0.6 is 11.3 Å². The van der Waals surface area contributed by atoms with Crippen LogP contribution in [-0.2, 0) is 6.54 Å². The first-order chi connectivity index (χ1) is 9.19. The zero-order chi connectivity index (χ0) is 13.7. The molecule has 0 spiro atoms. The third kappa shape index (κ3) is 3.89. The monoisotopic (exact) mass is 276 g/mol. The maximum absolute atomic E-state index is 5.89. The molecule has 0 atom stereocenters. The first-order valence-electron chi connectivity index (χ1n) is 6.48. The molecule has 0 saturated carbocycles. The van der Waals surface area contributed by atoms with E-state index < -0.39 is 0 Å². The van der Waals surface area contributed by atoms with Crippen LogP contribution in [0.3, 0.4) is 0 Å². The summed E-state index contributed by atoms with van der Waals surface area (Å²) in [4.78, 5) is 0. The van der Waals surface area contributed by atoms with Crippen LogP contribution in [0, 0.1) is 6.92 Å². The Bertz CT molecular complexity index is 537. The molecule has 0 unspecified atom stereocenters. The summed E-state index contributed by atoms with van der Waals surface area (Å²) in [5, 5.41) is 7.72. The van der Waals surface area contributed by atoms with Gasteiger partial charge >= 0.3 is 0 Å². The third-order valence-electron chi connectivity index (χ3n) is 2.85. The van der Waals surface area contributed by atoms with Gasteiger partial charge in [-0.15, -0.1) is 0 Å². The number of nitrogens with one attached hydrogen (secondary N) is 1. The Balaban J connectivity index is 2.03. The van der Waals surface area contributed by atoms with Gasteiger partial charge in [0.2, 0.25) is 0 Å². The average Bonchev–Trinajstić information content (AvgIpc) is 2.79. The summed E-state index contributed by atoms with van der Waals surface area (Å²) in [6.45, 7) is 5.74. The van der Waals surface area contributed by atoms with Crippen molar-refractivity contribution < 1.29 is 4.74 Å². The molecule has 0 aliphatic carbocycles. The largest absolute Gasteiger partial charge is 0.493 e. The Morgan fingerprint density at radius 1 is 1.26 bits per heavy atom. The molecule has 19 heavy (non-hydrogen) atoms. The standard InChI is InChI=1S/C15H20N2OS/c1-3-4-18-15-6-13(16)5-14(7-15)17-8-12-10-19-9-11(12)2/h5-7,9-10,17H,3-4,8,16H2,1-2H3. The van der Waals surface area contributed by atoms with Crippen LogP contribution in [0.25, 0.3) is 0 Å². The van der Waals surface area contributed by atoms with Crippen LogP contribution < -0.4 is 15.8 Å². The van der Waals surface area contributed by atoms with E-state index in [1.54, 1.807) is 11.3 Å². The minimum atomic E-state index is 0.715. The van der Waals surface area contributed by atoms with Gasteiger partial charge in [0.1, 0.15) is 5.75 Å². The van der Waals surface area contributed by atoms with Gasteiger partial charge in [-0.05, 0) is 41.3 Å². The number of rotatable bonds is 6. The van der Waals surface area contributed by atoms with Crippen molar-refractivity contribution in [2.24, 2.45) is 0 Å². The Morgan fingerprint density at radius 3 is 2.79 bits per heavy atom. The van der Waals surface area contributed by atoms with Crippen molar-refractivity contribution in [2.45, 2.75) is 26.8 Å². The molecule has 1 aromatic carbocycles. The first-order valence-corrected chi connectivity index (χ1v) is 7.42. The van der Waals surface area contributed by atoms with Gasteiger partial charge in [-0.3, -0.25) is 0 Å². The quantitative estimate of drug-likeness (QED) is 0.783. The summed E-state index contributed by atoms with van der Waals surface area (Å²) in [6, 6.07) is 5.78. The van der Waals surface area contributed by atoms with Gasteiger partial charge in [-0.2, -0.15) is 11.3 Å². The molecule has 4 heteroatoms. The second kappa shape index (κ2) is 6.48. The van der Waals surface area contributed by atoms with Gasteiger partial charge in [0.05, 0.1) is 6.61 Å². The molecule has 0 aliphatic heterocycles. The number of hydrogen-bond acceptors (Lipinski definition) is 4. The highest BCUT2D eigenvalue weighted by Gasteiger charge is 2.02. The van der Waals surface area contributed by atoms with E-state index in [1.165, 1.54) is 11.1 Å². The van der Waals surface area contributed by atoms with E-state index in [4.69, 9.17) is 10.5 Å². The lowest BCUT2D eigenvalue weighted by molar-refractivity contribution is 0.318. The van der Waals surface area contributed by atoms with Gasteiger partial charge < -0.3 is 15.8 Å². The molecule has 102 valence electrons. The van der Waals surface area contributed by atoms with E-state index in [1.807, 2.05) is 18.2 Å². The summed E-state index contributed by atoms with van der Waals surface area (Å²) in [7, 11) is 0. The van der Waals surface area contributed by atoms with Gasteiger partial charge in [0.15, 0.2) is 0 Å². The minimum Gasteiger partial charge on any atom is -0.493 e. The van der Waals surface area contributed by atoms with Crippen LogP contribution in [0.5, 0.6) is 5.75 Å². The smallest absolute Gasteiger partial charge is 0.123 e. The second-order valence-corrected chi connectivity index (χ2v) is 5.32. The van der Waals surface area contributed by atoms with Crippen molar-refractivity contribution in [3.63, 3.8) is 0 Å². The summed E-state index contributed by atoms with van der Waals surface area (Å²) < 4.78 is 5.62. The molecule has 0 bridgehead atoms. The van der Waals surface area contributed by atoms with Crippen molar-refractivity contribution >= 4 is 22.7 Å². The van der Waals surface area contributed by atoms with E-state index in [9.17, 15) is 0 Å². The Hall–Kier alpha value is -1.68. The molecule has 3 N–H and O–H groups in total. The molecule has 0 saturated heterocycles. The molecule has 0 fully saturated rings. The molecule has 0 radical (unpaired) electrons. The Labute approximate surface area is 118 Å². The van der Waals surface area contributed by atoms with Crippen LogP contribution in [0.1, 0.15) is 24.5 Å². The van der Waals surface area contributed by atoms with Gasteiger partial charge in [-0.1, -0.05) is 6.92 Å². The molecule has 1 heterocycles. The van der Waals surface area contributed by atoms with Gasteiger partial charge in [0, 0.05) is 30.1 Å². The van der Waals surface area contributed by atoms with Crippen molar-refractivity contribution in [1.82, 2.24) is 0 Å². The zero-order valence-corrected chi connectivity index (χ0v) is 12.2. The number of ether oxygens (including phenoxy) is 1. The number of anilines is 2. The molecule has 0 amide bonds. The summed E-state index contributed by atoms with van der Waals surface area (Å²) in [5.74, 6) is 0.825. The molecular formula is C15H20N2OS. The number of thiophene rings is 1. The van der Waals surface area contributed by atoms with Crippen molar-refractivity contribution in [3.8, 4) is 5.75 Å². The molecular weight excluding hydrogens is 256 g/mol. The fourth-order valence-corrected chi connectivity index (χ4v) is 2.65. The summed E-state index contributed by atoms with van der Waals surface area (Å²) >= 11 is 1.73. The molecule has 3 nitrogen and oxygen atoms in total. The number of hydrogen-bond donors (Lipinski definition) is 2. The number of aryl methyl sites for hydroxylation is 1. The van der Waals surface area contributed by atoms with Crippen molar-refractivity contribution in [2.75, 3.05) is 17.7 Å². The highest BCUT2D eigenvalue weighted by Crippen LogP contribution is 2.24. The Morgan fingerprint density at radius 2 is 2.11 bits per heavy atom. The lowest BCUT2D eigenvalue weighted by Gasteiger charge is -2.11. The normalized spacial score (nSPS) is 10.4. The van der Waals surface area contributed by atoms with Crippen LogP contribution in [0.15, 0.2) is 29.0 Å². The van der Waals surface area contributed by atoms with E-state index in [0.29, 0.717) is 6.61 Å². The zero-order valence-electron chi connectivity index (χ0n) is 11.4. The number of benzene rings is 1. The molecule has 2 aromatic rings. The third-order valence-corrected chi connectivity index (χ3v) is 3.76. The lowest BCUT2D eigenvalue weighted by atomic mass is 10.2. The maximum atomic E-state index is 5.89. The molecule has 1 aromatic heterocycles. The summed E-state index contributed by atoms with van der Waals surface area (Å²) in [6.07, 6.45) is 0.992.